The predicted molar refractivity (Wildman–Crippen MR) is 81.0 cm³/mol. The Balaban J connectivity index is 1.96. The molecule has 0 spiro atoms. The summed E-state index contributed by atoms with van der Waals surface area (Å²) in [5, 5.41) is 2.76. The van der Waals surface area contributed by atoms with Gasteiger partial charge in [-0.05, 0) is 38.1 Å². The second-order valence-corrected chi connectivity index (χ2v) is 5.12. The maximum atomic E-state index is 14.0. The first-order valence-corrected chi connectivity index (χ1v) is 6.91. The van der Waals surface area contributed by atoms with Crippen molar-refractivity contribution in [2.24, 2.45) is 0 Å². The summed E-state index contributed by atoms with van der Waals surface area (Å²) in [6, 6.07) is 14.8. The van der Waals surface area contributed by atoms with E-state index in [1.165, 1.54) is 12.1 Å². The molecule has 0 amide bonds. The molecule has 2 aromatic carbocycles. The number of nitrogens with one attached hydrogen (secondary N) is 1. The van der Waals surface area contributed by atoms with Gasteiger partial charge in [0.15, 0.2) is 0 Å². The topological polar surface area (TPSA) is 21.3 Å². The van der Waals surface area contributed by atoms with E-state index in [-0.39, 0.29) is 11.7 Å². The number of benzene rings is 2. The number of alkyl halides is 2. The van der Waals surface area contributed by atoms with Crippen molar-refractivity contribution in [1.29, 1.82) is 0 Å². The van der Waals surface area contributed by atoms with Crippen molar-refractivity contribution in [3.8, 4) is 5.75 Å². The highest BCUT2D eigenvalue weighted by atomic mass is 19.3. The quantitative estimate of drug-likeness (QED) is 0.834. The van der Waals surface area contributed by atoms with Crippen molar-refractivity contribution in [2.75, 3.05) is 11.9 Å². The van der Waals surface area contributed by atoms with E-state index in [1.54, 1.807) is 42.5 Å². The molecule has 2 aromatic rings. The zero-order valence-electron chi connectivity index (χ0n) is 12.1. The van der Waals surface area contributed by atoms with E-state index in [9.17, 15) is 8.78 Å². The fourth-order valence-electron chi connectivity index (χ4n) is 1.92. The first-order chi connectivity index (χ1) is 9.97. The number of rotatable bonds is 6. The summed E-state index contributed by atoms with van der Waals surface area (Å²) in [7, 11) is 0. The third-order valence-electron chi connectivity index (χ3n) is 2.94. The van der Waals surface area contributed by atoms with Crippen LogP contribution in [0.3, 0.4) is 0 Å². The van der Waals surface area contributed by atoms with Gasteiger partial charge in [-0.25, -0.2) is 0 Å². The average Bonchev–Trinajstić information content (AvgIpc) is 2.47. The van der Waals surface area contributed by atoms with Crippen LogP contribution in [0, 0.1) is 0 Å². The van der Waals surface area contributed by atoms with Crippen molar-refractivity contribution < 1.29 is 13.5 Å². The average molecular weight is 291 g/mol. The van der Waals surface area contributed by atoms with Gasteiger partial charge in [0, 0.05) is 11.3 Å². The molecule has 0 aliphatic rings. The van der Waals surface area contributed by atoms with Gasteiger partial charge in [0.05, 0.1) is 12.6 Å². The van der Waals surface area contributed by atoms with E-state index >= 15 is 0 Å². The van der Waals surface area contributed by atoms with Crippen molar-refractivity contribution in [1.82, 2.24) is 0 Å². The minimum Gasteiger partial charge on any atom is -0.491 e. The Bertz CT molecular complexity index is 553. The minimum absolute atomic E-state index is 0.0114. The molecule has 0 aliphatic heterocycles. The molecular weight excluding hydrogens is 272 g/mol. The molecule has 0 aliphatic carbocycles. The Morgan fingerprint density at radius 2 is 1.62 bits per heavy atom. The summed E-state index contributed by atoms with van der Waals surface area (Å²) >= 11 is 0. The summed E-state index contributed by atoms with van der Waals surface area (Å²) in [6.45, 7) is 3.43. The Labute approximate surface area is 123 Å². The molecule has 2 nitrogen and oxygen atoms in total. The van der Waals surface area contributed by atoms with Crippen LogP contribution in [0.4, 0.5) is 14.5 Å². The molecule has 2 rings (SSSR count). The molecule has 0 aromatic heterocycles. The Kier molecular flexibility index (Phi) is 4.78. The Morgan fingerprint density at radius 1 is 1.00 bits per heavy atom. The number of anilines is 1. The third-order valence-corrected chi connectivity index (χ3v) is 2.94. The van der Waals surface area contributed by atoms with E-state index in [2.05, 4.69) is 5.32 Å². The summed E-state index contributed by atoms with van der Waals surface area (Å²) < 4.78 is 33.5. The molecule has 0 saturated heterocycles. The Hall–Kier alpha value is -2.10. The van der Waals surface area contributed by atoms with Crippen molar-refractivity contribution >= 4 is 5.69 Å². The maximum Gasteiger partial charge on any atom is 0.290 e. The molecule has 0 fully saturated rings. The van der Waals surface area contributed by atoms with Gasteiger partial charge in [-0.2, -0.15) is 8.78 Å². The van der Waals surface area contributed by atoms with Crippen molar-refractivity contribution in [3.63, 3.8) is 0 Å². The third kappa shape index (κ3) is 4.45. The summed E-state index contributed by atoms with van der Waals surface area (Å²) in [5.41, 5.74) is 0.652. The molecule has 21 heavy (non-hydrogen) atoms. The molecular formula is C17H19F2NO. The number of ether oxygens (including phenoxy) is 1. The van der Waals surface area contributed by atoms with Gasteiger partial charge in [0.1, 0.15) is 5.75 Å². The highest BCUT2D eigenvalue weighted by molar-refractivity contribution is 5.46. The highest BCUT2D eigenvalue weighted by Crippen LogP contribution is 2.28. The minimum atomic E-state index is -2.91. The molecule has 112 valence electrons. The zero-order valence-corrected chi connectivity index (χ0v) is 12.1. The van der Waals surface area contributed by atoms with Gasteiger partial charge < -0.3 is 10.1 Å². The first kappa shape index (κ1) is 15.3. The van der Waals surface area contributed by atoms with Gasteiger partial charge in [-0.15, -0.1) is 0 Å². The molecule has 1 N–H and O–H groups in total. The monoisotopic (exact) mass is 291 g/mol. The second-order valence-electron chi connectivity index (χ2n) is 5.12. The summed E-state index contributed by atoms with van der Waals surface area (Å²) in [6.07, 6.45) is 0.0891. The van der Waals surface area contributed by atoms with Crippen LogP contribution < -0.4 is 10.1 Å². The lowest BCUT2D eigenvalue weighted by molar-refractivity contribution is 0.0106. The number of hydrogen-bond acceptors (Lipinski definition) is 2. The van der Waals surface area contributed by atoms with Crippen LogP contribution >= 0.6 is 0 Å². The standard InChI is InChI=1S/C17H19F2NO/c1-13(2)21-16-10-8-15(9-11-16)20-12-17(18,19)14-6-4-3-5-7-14/h3-11,13,20H,12H2,1-2H3. The van der Waals surface area contributed by atoms with Gasteiger partial charge >= 0.3 is 0 Å². The fourth-order valence-corrected chi connectivity index (χ4v) is 1.92. The molecule has 0 bridgehead atoms. The van der Waals surface area contributed by atoms with E-state index in [0.29, 0.717) is 5.69 Å². The zero-order chi connectivity index (χ0) is 15.3. The van der Waals surface area contributed by atoms with Crippen LogP contribution in [0.1, 0.15) is 19.4 Å². The number of halogens is 2. The maximum absolute atomic E-state index is 14.0. The van der Waals surface area contributed by atoms with Crippen LogP contribution in [-0.4, -0.2) is 12.6 Å². The summed E-state index contributed by atoms with van der Waals surface area (Å²) in [4.78, 5) is 0. The van der Waals surface area contributed by atoms with Gasteiger partial charge in [-0.1, -0.05) is 30.3 Å². The predicted octanol–water partition coefficient (Wildman–Crippen LogP) is 4.68. The van der Waals surface area contributed by atoms with E-state index in [0.717, 1.165) is 5.75 Å². The molecule has 0 saturated carbocycles. The van der Waals surface area contributed by atoms with Crippen molar-refractivity contribution in [3.05, 3.63) is 60.2 Å². The fraction of sp³-hybridized carbons (Fsp3) is 0.294. The van der Waals surface area contributed by atoms with Crippen LogP contribution in [0.2, 0.25) is 0 Å². The number of hydrogen-bond donors (Lipinski definition) is 1. The van der Waals surface area contributed by atoms with Crippen LogP contribution in [0.5, 0.6) is 5.75 Å². The first-order valence-electron chi connectivity index (χ1n) is 6.91. The van der Waals surface area contributed by atoms with Crippen molar-refractivity contribution in [2.45, 2.75) is 25.9 Å². The van der Waals surface area contributed by atoms with Crippen LogP contribution in [0.15, 0.2) is 54.6 Å². The molecule has 0 radical (unpaired) electrons. The molecule has 4 heteroatoms. The molecule has 0 unspecified atom stereocenters. The highest BCUT2D eigenvalue weighted by Gasteiger charge is 2.30. The van der Waals surface area contributed by atoms with Gasteiger partial charge in [0.25, 0.3) is 5.92 Å². The van der Waals surface area contributed by atoms with E-state index in [4.69, 9.17) is 4.74 Å². The molecule has 0 atom stereocenters. The van der Waals surface area contributed by atoms with E-state index < -0.39 is 12.5 Å². The van der Waals surface area contributed by atoms with E-state index in [1.807, 2.05) is 13.8 Å². The van der Waals surface area contributed by atoms with Gasteiger partial charge in [-0.3, -0.25) is 0 Å². The smallest absolute Gasteiger partial charge is 0.290 e. The Morgan fingerprint density at radius 3 is 2.19 bits per heavy atom. The largest absolute Gasteiger partial charge is 0.491 e. The lowest BCUT2D eigenvalue weighted by Gasteiger charge is -2.18. The SMILES string of the molecule is CC(C)Oc1ccc(NCC(F)(F)c2ccccc2)cc1. The lowest BCUT2D eigenvalue weighted by Crippen LogP contribution is -2.24. The van der Waals surface area contributed by atoms with Crippen LogP contribution in [0.25, 0.3) is 0 Å². The van der Waals surface area contributed by atoms with Crippen LogP contribution in [-0.2, 0) is 5.92 Å². The lowest BCUT2D eigenvalue weighted by atomic mass is 10.1. The second kappa shape index (κ2) is 6.57. The normalized spacial score (nSPS) is 11.5. The molecule has 0 heterocycles. The summed E-state index contributed by atoms with van der Waals surface area (Å²) in [5.74, 6) is -2.18. The van der Waals surface area contributed by atoms with Gasteiger partial charge in [0.2, 0.25) is 0 Å².